The molecule has 2 N–H and O–H groups in total. The quantitative estimate of drug-likeness (QED) is 0.130. The summed E-state index contributed by atoms with van der Waals surface area (Å²) in [6.45, 7) is 0.698. The Hall–Kier alpha value is -3.16. The molecule has 4 rings (SSSR count). The fourth-order valence-electron chi connectivity index (χ4n) is 3.60. The molecule has 0 atom stereocenters. The molecular weight excluding hydrogens is 624 g/mol. The van der Waals surface area contributed by atoms with E-state index in [-0.39, 0.29) is 18.0 Å². The summed E-state index contributed by atoms with van der Waals surface area (Å²) >= 11 is 5.65. The van der Waals surface area contributed by atoms with Gasteiger partial charge >= 0.3 is 0 Å². The average molecular weight is 644 g/mol. The van der Waals surface area contributed by atoms with Crippen LogP contribution in [0, 0.1) is 20.7 Å². The number of ether oxygens (including phenoxy) is 1. The van der Waals surface area contributed by atoms with Crippen LogP contribution in [0.1, 0.15) is 16.7 Å². The van der Waals surface area contributed by atoms with Crippen LogP contribution < -0.4 is 10.1 Å². The summed E-state index contributed by atoms with van der Waals surface area (Å²) in [7, 11) is 0. The first-order valence-corrected chi connectivity index (χ1v) is 12.6. The monoisotopic (exact) mass is 643 g/mol. The molecule has 176 valence electrons. The maximum Gasteiger partial charge on any atom is 0.261 e. The molecule has 35 heavy (non-hydrogen) atoms. The zero-order valence-corrected chi connectivity index (χ0v) is 22.2. The molecule has 0 radical (unpaired) electrons. The fraction of sp³-hybridized carbons (Fsp3) is 0.111. The Labute approximate surface area is 224 Å². The first-order chi connectivity index (χ1) is 16.9. The molecule has 0 saturated heterocycles. The average Bonchev–Trinajstić information content (AvgIpc) is 3.26. The first-order valence-electron chi connectivity index (χ1n) is 10.8. The van der Waals surface area contributed by atoms with E-state index in [0.717, 1.165) is 25.6 Å². The molecule has 8 heteroatoms. The molecule has 0 aliphatic heterocycles. The van der Waals surface area contributed by atoms with Crippen LogP contribution in [0.3, 0.4) is 0 Å². The number of carbonyl (C=O) groups excluding carboxylic acids is 1. The SMILES string of the molecule is N#C/C(=C/c1cc(Br)c(OCc2ccc(F)cc2)c(I)c1)C(=O)NCCc1c[nH]c2ccccc12. The van der Waals surface area contributed by atoms with Crippen molar-refractivity contribution in [1.29, 1.82) is 5.26 Å². The van der Waals surface area contributed by atoms with Crippen molar-refractivity contribution < 1.29 is 13.9 Å². The number of aromatic nitrogens is 1. The van der Waals surface area contributed by atoms with E-state index in [1.54, 1.807) is 24.3 Å². The second kappa shape index (κ2) is 11.5. The Morgan fingerprint density at radius 3 is 2.71 bits per heavy atom. The third-order valence-electron chi connectivity index (χ3n) is 5.35. The summed E-state index contributed by atoms with van der Waals surface area (Å²) in [5.41, 5.74) is 3.72. The van der Waals surface area contributed by atoms with Gasteiger partial charge < -0.3 is 15.0 Å². The molecule has 0 spiro atoms. The van der Waals surface area contributed by atoms with E-state index >= 15 is 0 Å². The Morgan fingerprint density at radius 2 is 1.97 bits per heavy atom. The van der Waals surface area contributed by atoms with Crippen LogP contribution in [0.15, 0.2) is 76.9 Å². The van der Waals surface area contributed by atoms with Gasteiger partial charge in [-0.1, -0.05) is 30.3 Å². The van der Waals surface area contributed by atoms with Gasteiger partial charge in [-0.3, -0.25) is 4.79 Å². The summed E-state index contributed by atoms with van der Waals surface area (Å²) in [6, 6.07) is 19.7. The maximum atomic E-state index is 13.1. The highest BCUT2D eigenvalue weighted by Gasteiger charge is 2.13. The van der Waals surface area contributed by atoms with Crippen molar-refractivity contribution in [3.63, 3.8) is 0 Å². The molecule has 1 heterocycles. The number of aromatic amines is 1. The van der Waals surface area contributed by atoms with Crippen LogP contribution in [0.25, 0.3) is 17.0 Å². The van der Waals surface area contributed by atoms with Crippen molar-refractivity contribution in [2.75, 3.05) is 6.54 Å². The van der Waals surface area contributed by atoms with E-state index in [1.807, 2.05) is 42.6 Å². The number of halogens is 3. The predicted octanol–water partition coefficient (Wildman–Crippen LogP) is 6.52. The molecule has 1 amide bonds. The molecule has 3 aromatic carbocycles. The van der Waals surface area contributed by atoms with Gasteiger partial charge in [0.05, 0.1) is 8.04 Å². The number of hydrogen-bond donors (Lipinski definition) is 2. The predicted molar refractivity (Wildman–Crippen MR) is 146 cm³/mol. The number of benzene rings is 3. The minimum absolute atomic E-state index is 0.0200. The summed E-state index contributed by atoms with van der Waals surface area (Å²) < 4.78 is 20.5. The van der Waals surface area contributed by atoms with E-state index in [9.17, 15) is 14.4 Å². The largest absolute Gasteiger partial charge is 0.487 e. The van der Waals surface area contributed by atoms with Gasteiger partial charge in [-0.25, -0.2) is 4.39 Å². The zero-order valence-electron chi connectivity index (χ0n) is 18.4. The molecule has 0 aliphatic rings. The van der Waals surface area contributed by atoms with Gasteiger partial charge in [0.2, 0.25) is 0 Å². The minimum Gasteiger partial charge on any atom is -0.487 e. The second-order valence-corrected chi connectivity index (χ2v) is 9.78. The van der Waals surface area contributed by atoms with Gasteiger partial charge in [0, 0.05) is 23.6 Å². The third kappa shape index (κ3) is 6.29. The van der Waals surface area contributed by atoms with Gasteiger partial charge in [0.25, 0.3) is 5.91 Å². The van der Waals surface area contributed by atoms with Gasteiger partial charge in [-0.05, 0) is 98.0 Å². The molecule has 0 fully saturated rings. The van der Waals surface area contributed by atoms with Crippen LogP contribution in [-0.4, -0.2) is 17.4 Å². The number of H-pyrrole nitrogens is 1. The molecule has 5 nitrogen and oxygen atoms in total. The number of nitrogens with zero attached hydrogens (tertiary/aromatic N) is 1. The number of carbonyl (C=O) groups is 1. The van der Waals surface area contributed by atoms with Crippen molar-refractivity contribution in [3.8, 4) is 11.8 Å². The van der Waals surface area contributed by atoms with Crippen molar-refractivity contribution >= 4 is 61.4 Å². The zero-order chi connectivity index (χ0) is 24.8. The van der Waals surface area contributed by atoms with E-state index in [2.05, 4.69) is 48.8 Å². The number of nitrogens with one attached hydrogen (secondary N) is 2. The molecule has 0 bridgehead atoms. The Morgan fingerprint density at radius 1 is 1.20 bits per heavy atom. The topological polar surface area (TPSA) is 77.9 Å². The molecular formula is C27H20BrFIN3O2. The van der Waals surface area contributed by atoms with Crippen LogP contribution >= 0.6 is 38.5 Å². The second-order valence-electron chi connectivity index (χ2n) is 7.76. The lowest BCUT2D eigenvalue weighted by molar-refractivity contribution is -0.117. The minimum atomic E-state index is -0.421. The lowest BCUT2D eigenvalue weighted by Gasteiger charge is -2.12. The Bertz CT molecular complexity index is 1420. The number of rotatable bonds is 8. The summed E-state index contributed by atoms with van der Waals surface area (Å²) in [4.78, 5) is 15.8. The number of hydrogen-bond acceptors (Lipinski definition) is 3. The van der Waals surface area contributed by atoms with Gasteiger partial charge in [-0.15, -0.1) is 0 Å². The van der Waals surface area contributed by atoms with Crippen LogP contribution in [-0.2, 0) is 17.8 Å². The van der Waals surface area contributed by atoms with E-state index in [1.165, 1.54) is 12.1 Å². The lowest BCUT2D eigenvalue weighted by atomic mass is 10.1. The van der Waals surface area contributed by atoms with Gasteiger partial charge in [0.1, 0.15) is 29.8 Å². The molecule has 0 unspecified atom stereocenters. The molecule has 0 saturated carbocycles. The summed E-state index contributed by atoms with van der Waals surface area (Å²) in [5.74, 6) is -0.0835. The number of para-hydroxylation sites is 1. The van der Waals surface area contributed by atoms with Gasteiger partial charge in [-0.2, -0.15) is 5.26 Å². The number of amides is 1. The Kier molecular flexibility index (Phi) is 8.21. The maximum absolute atomic E-state index is 13.1. The van der Waals surface area contributed by atoms with E-state index in [4.69, 9.17) is 4.74 Å². The van der Waals surface area contributed by atoms with Crippen molar-refractivity contribution in [2.45, 2.75) is 13.0 Å². The van der Waals surface area contributed by atoms with E-state index < -0.39 is 5.91 Å². The van der Waals surface area contributed by atoms with E-state index in [0.29, 0.717) is 28.8 Å². The Balaban J connectivity index is 1.40. The normalized spacial score (nSPS) is 11.3. The molecule has 0 aliphatic carbocycles. The van der Waals surface area contributed by atoms with Crippen LogP contribution in [0.4, 0.5) is 4.39 Å². The molecule has 1 aromatic heterocycles. The van der Waals surface area contributed by atoms with Gasteiger partial charge in [0.15, 0.2) is 0 Å². The van der Waals surface area contributed by atoms with Crippen molar-refractivity contribution in [3.05, 3.63) is 103 Å². The standard InChI is InChI=1S/C27H20BrFIN3O2/c28-23-12-18(13-24(30)26(23)35-16-17-5-7-21(29)8-6-17)11-20(14-31)27(34)32-10-9-19-15-33-25-4-2-1-3-22(19)25/h1-8,11-13,15,33H,9-10,16H2,(H,32,34)/b20-11-. The number of nitriles is 1. The van der Waals surface area contributed by atoms with Crippen LogP contribution in [0.2, 0.25) is 0 Å². The molecule has 4 aromatic rings. The highest BCUT2D eigenvalue weighted by atomic mass is 127. The van der Waals surface area contributed by atoms with Crippen LogP contribution in [0.5, 0.6) is 5.75 Å². The first kappa shape index (κ1) is 24.9. The smallest absolute Gasteiger partial charge is 0.261 e. The lowest BCUT2D eigenvalue weighted by Crippen LogP contribution is -2.26. The fourth-order valence-corrected chi connectivity index (χ4v) is 5.37. The van der Waals surface area contributed by atoms with Crippen molar-refractivity contribution in [2.24, 2.45) is 0 Å². The number of fused-ring (bicyclic) bond motifs is 1. The highest BCUT2D eigenvalue weighted by molar-refractivity contribution is 14.1. The van der Waals surface area contributed by atoms with Crippen molar-refractivity contribution in [1.82, 2.24) is 10.3 Å². The highest BCUT2D eigenvalue weighted by Crippen LogP contribution is 2.33. The summed E-state index contributed by atoms with van der Waals surface area (Å²) in [5, 5.41) is 13.5. The summed E-state index contributed by atoms with van der Waals surface area (Å²) in [6.07, 6.45) is 4.15. The third-order valence-corrected chi connectivity index (χ3v) is 6.74.